The SMILES string of the molecule is Cc1ccc(C(=O)NC2COCC2N2CCOCC2)s1. The number of amides is 1. The summed E-state index contributed by atoms with van der Waals surface area (Å²) in [6.07, 6.45) is 0. The Balaban J connectivity index is 1.62. The van der Waals surface area contributed by atoms with Gasteiger partial charge in [-0.3, -0.25) is 9.69 Å². The first-order valence-corrected chi connectivity index (χ1v) is 7.82. The molecule has 6 heteroatoms. The molecule has 2 unspecified atom stereocenters. The molecule has 1 aromatic heterocycles. The van der Waals surface area contributed by atoms with Gasteiger partial charge < -0.3 is 14.8 Å². The van der Waals surface area contributed by atoms with Gasteiger partial charge in [0, 0.05) is 18.0 Å². The quantitative estimate of drug-likeness (QED) is 0.900. The van der Waals surface area contributed by atoms with E-state index in [9.17, 15) is 4.79 Å². The van der Waals surface area contributed by atoms with Gasteiger partial charge in [-0.25, -0.2) is 0 Å². The van der Waals surface area contributed by atoms with Crippen LogP contribution in [0.25, 0.3) is 0 Å². The van der Waals surface area contributed by atoms with E-state index in [1.807, 2.05) is 19.1 Å². The maximum absolute atomic E-state index is 12.2. The second-order valence-electron chi connectivity index (χ2n) is 5.24. The van der Waals surface area contributed by atoms with Crippen LogP contribution in [0.3, 0.4) is 0 Å². The zero-order valence-electron chi connectivity index (χ0n) is 11.6. The van der Waals surface area contributed by atoms with E-state index in [0.717, 1.165) is 36.1 Å². The average molecular weight is 296 g/mol. The van der Waals surface area contributed by atoms with Crippen molar-refractivity contribution < 1.29 is 14.3 Å². The molecule has 110 valence electrons. The van der Waals surface area contributed by atoms with E-state index < -0.39 is 0 Å². The van der Waals surface area contributed by atoms with Crippen LogP contribution >= 0.6 is 11.3 Å². The van der Waals surface area contributed by atoms with Crippen LogP contribution in [0.2, 0.25) is 0 Å². The van der Waals surface area contributed by atoms with Crippen molar-refractivity contribution in [3.8, 4) is 0 Å². The number of hydrogen-bond donors (Lipinski definition) is 1. The third kappa shape index (κ3) is 3.03. The molecule has 0 aliphatic carbocycles. The molecule has 0 saturated carbocycles. The van der Waals surface area contributed by atoms with E-state index in [2.05, 4.69) is 10.2 Å². The van der Waals surface area contributed by atoms with E-state index in [1.165, 1.54) is 11.3 Å². The van der Waals surface area contributed by atoms with Crippen molar-refractivity contribution in [2.24, 2.45) is 0 Å². The molecule has 5 nitrogen and oxygen atoms in total. The molecule has 3 rings (SSSR count). The minimum Gasteiger partial charge on any atom is -0.379 e. The fourth-order valence-corrected chi connectivity index (χ4v) is 3.52. The van der Waals surface area contributed by atoms with E-state index in [0.29, 0.717) is 13.2 Å². The standard InChI is InChI=1S/C14H20N2O3S/c1-10-2-3-13(20-10)14(17)15-11-8-19-9-12(11)16-4-6-18-7-5-16/h2-3,11-12H,4-9H2,1H3,(H,15,17). The number of carbonyl (C=O) groups excluding carboxylic acids is 1. The molecule has 0 radical (unpaired) electrons. The number of rotatable bonds is 3. The third-order valence-electron chi connectivity index (χ3n) is 3.85. The molecule has 1 aromatic rings. The maximum Gasteiger partial charge on any atom is 0.261 e. The zero-order valence-corrected chi connectivity index (χ0v) is 12.4. The number of hydrogen-bond acceptors (Lipinski definition) is 5. The number of carbonyl (C=O) groups is 1. The van der Waals surface area contributed by atoms with Gasteiger partial charge in [0.2, 0.25) is 0 Å². The first kappa shape index (κ1) is 14.0. The molecule has 0 bridgehead atoms. The fourth-order valence-electron chi connectivity index (χ4n) is 2.75. The van der Waals surface area contributed by atoms with Gasteiger partial charge in [0.05, 0.1) is 43.4 Å². The van der Waals surface area contributed by atoms with Crippen LogP contribution in [0.5, 0.6) is 0 Å². The Kier molecular flexibility index (Phi) is 4.35. The predicted octanol–water partition coefficient (Wildman–Crippen LogP) is 0.886. The van der Waals surface area contributed by atoms with Crippen molar-refractivity contribution in [2.45, 2.75) is 19.0 Å². The first-order chi connectivity index (χ1) is 9.74. The minimum absolute atomic E-state index is 0.0110. The Labute approximate surface area is 122 Å². The van der Waals surface area contributed by atoms with Gasteiger partial charge in [0.15, 0.2) is 0 Å². The number of aryl methyl sites for hydroxylation is 1. The molecule has 2 fully saturated rings. The first-order valence-electron chi connectivity index (χ1n) is 7.01. The number of nitrogens with one attached hydrogen (secondary N) is 1. The van der Waals surface area contributed by atoms with Crippen LogP contribution in [-0.2, 0) is 9.47 Å². The highest BCUT2D eigenvalue weighted by Crippen LogP contribution is 2.18. The van der Waals surface area contributed by atoms with Gasteiger partial charge >= 0.3 is 0 Å². The summed E-state index contributed by atoms with van der Waals surface area (Å²) in [7, 11) is 0. The Morgan fingerprint density at radius 3 is 2.80 bits per heavy atom. The molecule has 0 spiro atoms. The van der Waals surface area contributed by atoms with Crippen molar-refractivity contribution >= 4 is 17.2 Å². The van der Waals surface area contributed by atoms with Gasteiger partial charge in [0.1, 0.15) is 0 Å². The molecule has 2 saturated heterocycles. The second-order valence-corrected chi connectivity index (χ2v) is 6.53. The van der Waals surface area contributed by atoms with Crippen LogP contribution < -0.4 is 5.32 Å². The summed E-state index contributed by atoms with van der Waals surface area (Å²) in [5.74, 6) is 0.0110. The lowest BCUT2D eigenvalue weighted by Crippen LogP contribution is -2.54. The smallest absolute Gasteiger partial charge is 0.261 e. The van der Waals surface area contributed by atoms with E-state index in [4.69, 9.17) is 9.47 Å². The van der Waals surface area contributed by atoms with Crippen molar-refractivity contribution in [3.63, 3.8) is 0 Å². The van der Waals surface area contributed by atoms with Gasteiger partial charge in [-0.1, -0.05) is 0 Å². The van der Waals surface area contributed by atoms with E-state index >= 15 is 0 Å². The van der Waals surface area contributed by atoms with Crippen LogP contribution in [0.15, 0.2) is 12.1 Å². The lowest BCUT2D eigenvalue weighted by atomic mass is 10.1. The lowest BCUT2D eigenvalue weighted by molar-refractivity contribution is 0.0108. The van der Waals surface area contributed by atoms with Gasteiger partial charge in [-0.05, 0) is 19.1 Å². The van der Waals surface area contributed by atoms with Gasteiger partial charge in [-0.2, -0.15) is 0 Å². The number of thiophene rings is 1. The van der Waals surface area contributed by atoms with Gasteiger partial charge in [0.25, 0.3) is 5.91 Å². The normalized spacial score (nSPS) is 27.6. The van der Waals surface area contributed by atoms with Crippen molar-refractivity contribution in [3.05, 3.63) is 21.9 Å². The number of nitrogens with zero attached hydrogens (tertiary/aromatic N) is 1. The molecule has 1 N–H and O–H groups in total. The van der Waals surface area contributed by atoms with Crippen LogP contribution in [-0.4, -0.2) is 62.4 Å². The second kappa shape index (κ2) is 6.22. The van der Waals surface area contributed by atoms with E-state index in [-0.39, 0.29) is 18.0 Å². The van der Waals surface area contributed by atoms with E-state index in [1.54, 1.807) is 0 Å². The summed E-state index contributed by atoms with van der Waals surface area (Å²) in [6.45, 7) is 6.66. The zero-order chi connectivity index (χ0) is 13.9. The highest BCUT2D eigenvalue weighted by Gasteiger charge is 2.35. The molecule has 2 aliphatic rings. The Hall–Kier alpha value is -0.950. The summed E-state index contributed by atoms with van der Waals surface area (Å²) in [5, 5.41) is 3.12. The van der Waals surface area contributed by atoms with Crippen molar-refractivity contribution in [1.29, 1.82) is 0 Å². The number of morpholine rings is 1. The highest BCUT2D eigenvalue weighted by atomic mass is 32.1. The van der Waals surface area contributed by atoms with Gasteiger partial charge in [-0.15, -0.1) is 11.3 Å². The van der Waals surface area contributed by atoms with Crippen molar-refractivity contribution in [1.82, 2.24) is 10.2 Å². The molecular weight excluding hydrogens is 276 g/mol. The summed E-state index contributed by atoms with van der Waals surface area (Å²) >= 11 is 1.53. The summed E-state index contributed by atoms with van der Waals surface area (Å²) in [4.78, 5) is 16.5. The maximum atomic E-state index is 12.2. The summed E-state index contributed by atoms with van der Waals surface area (Å²) in [5.41, 5.74) is 0. The molecule has 2 atom stereocenters. The Bertz CT molecular complexity index is 471. The molecule has 1 amide bonds. The predicted molar refractivity (Wildman–Crippen MR) is 77.3 cm³/mol. The van der Waals surface area contributed by atoms with Crippen molar-refractivity contribution in [2.75, 3.05) is 39.5 Å². The van der Waals surface area contributed by atoms with Crippen LogP contribution in [0, 0.1) is 6.92 Å². The molecule has 3 heterocycles. The minimum atomic E-state index is 0.0110. The van der Waals surface area contributed by atoms with Crippen LogP contribution in [0.1, 0.15) is 14.5 Å². The lowest BCUT2D eigenvalue weighted by Gasteiger charge is -2.34. The largest absolute Gasteiger partial charge is 0.379 e. The molecule has 20 heavy (non-hydrogen) atoms. The number of ether oxygens (including phenoxy) is 2. The fraction of sp³-hybridized carbons (Fsp3) is 0.643. The molecule has 0 aromatic carbocycles. The monoisotopic (exact) mass is 296 g/mol. The molecule has 2 aliphatic heterocycles. The summed E-state index contributed by atoms with van der Waals surface area (Å²) < 4.78 is 11.0. The van der Waals surface area contributed by atoms with Crippen LogP contribution in [0.4, 0.5) is 0 Å². The topological polar surface area (TPSA) is 50.8 Å². The average Bonchev–Trinajstić information content (AvgIpc) is 3.09. The molecular formula is C14H20N2O3S. The Morgan fingerprint density at radius 1 is 1.30 bits per heavy atom. The Morgan fingerprint density at radius 2 is 2.10 bits per heavy atom. The third-order valence-corrected chi connectivity index (χ3v) is 4.85. The highest BCUT2D eigenvalue weighted by molar-refractivity contribution is 7.13. The summed E-state index contributed by atoms with van der Waals surface area (Å²) in [6, 6.07) is 4.20.